The molecule has 0 radical (unpaired) electrons. The zero-order valence-corrected chi connectivity index (χ0v) is 20.5. The lowest BCUT2D eigenvalue weighted by molar-refractivity contribution is 0.0935. The van der Waals surface area contributed by atoms with Crippen LogP contribution < -0.4 is 14.4 Å². The van der Waals surface area contributed by atoms with Crippen molar-refractivity contribution in [3.05, 3.63) is 94.8 Å². The van der Waals surface area contributed by atoms with Crippen LogP contribution in [0.2, 0.25) is 0 Å². The Hall–Kier alpha value is -3.39. The fourth-order valence-corrected chi connectivity index (χ4v) is 4.63. The first kappa shape index (κ1) is 25.2. The molecule has 0 aliphatic rings. The molecule has 180 valence electrons. The smallest absolute Gasteiger partial charge is 0.251 e. The SMILES string of the molecule is CCC(NC(=O)c1ccc(CN(c2ccccc2F)S(C)(=O)=O)cc1)c1ccc(OC)c(C)c1. The molecular formula is C26H29FN2O4S. The fraction of sp³-hybridized carbons (Fsp3) is 0.269. The summed E-state index contributed by atoms with van der Waals surface area (Å²) in [6, 6.07) is 18.0. The van der Waals surface area contributed by atoms with Gasteiger partial charge < -0.3 is 10.1 Å². The Morgan fingerprint density at radius 2 is 1.76 bits per heavy atom. The Balaban J connectivity index is 1.75. The van der Waals surface area contributed by atoms with Crippen LogP contribution in [-0.4, -0.2) is 27.7 Å². The maximum Gasteiger partial charge on any atom is 0.251 e. The molecule has 0 aliphatic carbocycles. The molecule has 0 heterocycles. The summed E-state index contributed by atoms with van der Waals surface area (Å²) in [5.74, 6) is -0.0664. The van der Waals surface area contributed by atoms with Crippen molar-refractivity contribution in [2.45, 2.75) is 32.9 Å². The number of halogens is 1. The number of anilines is 1. The van der Waals surface area contributed by atoms with E-state index < -0.39 is 15.8 Å². The van der Waals surface area contributed by atoms with Gasteiger partial charge in [-0.2, -0.15) is 0 Å². The van der Waals surface area contributed by atoms with Crippen molar-refractivity contribution in [1.29, 1.82) is 0 Å². The molecule has 0 bridgehead atoms. The average molecular weight is 485 g/mol. The summed E-state index contributed by atoms with van der Waals surface area (Å²) in [7, 11) is -2.10. The van der Waals surface area contributed by atoms with Crippen LogP contribution in [0.25, 0.3) is 0 Å². The number of hydrogen-bond acceptors (Lipinski definition) is 4. The van der Waals surface area contributed by atoms with E-state index in [1.807, 2.05) is 32.0 Å². The van der Waals surface area contributed by atoms with Gasteiger partial charge in [0.1, 0.15) is 11.6 Å². The Kier molecular flexibility index (Phi) is 7.94. The molecule has 0 spiro atoms. The number of para-hydroxylation sites is 1. The van der Waals surface area contributed by atoms with Crippen molar-refractivity contribution >= 4 is 21.6 Å². The van der Waals surface area contributed by atoms with E-state index in [-0.39, 0.29) is 24.2 Å². The molecule has 6 nitrogen and oxygen atoms in total. The lowest BCUT2D eigenvalue weighted by atomic mass is 10.0. The molecule has 0 fully saturated rings. The minimum Gasteiger partial charge on any atom is -0.496 e. The summed E-state index contributed by atoms with van der Waals surface area (Å²) in [6.07, 6.45) is 1.74. The minimum atomic E-state index is -3.72. The second kappa shape index (κ2) is 10.7. The number of hydrogen-bond donors (Lipinski definition) is 1. The van der Waals surface area contributed by atoms with Crippen LogP contribution in [0.3, 0.4) is 0 Å². The fourth-order valence-electron chi connectivity index (χ4n) is 3.74. The van der Waals surface area contributed by atoms with Gasteiger partial charge in [0, 0.05) is 5.56 Å². The van der Waals surface area contributed by atoms with Gasteiger partial charge in [-0.3, -0.25) is 9.10 Å². The predicted octanol–water partition coefficient (Wildman–Crippen LogP) is 4.99. The van der Waals surface area contributed by atoms with Crippen LogP contribution in [0.4, 0.5) is 10.1 Å². The van der Waals surface area contributed by atoms with Gasteiger partial charge in [0.2, 0.25) is 10.0 Å². The molecular weight excluding hydrogens is 455 g/mol. The summed E-state index contributed by atoms with van der Waals surface area (Å²) in [5.41, 5.74) is 3.03. The topological polar surface area (TPSA) is 75.7 Å². The van der Waals surface area contributed by atoms with Gasteiger partial charge in [-0.05, 0) is 60.4 Å². The van der Waals surface area contributed by atoms with Gasteiger partial charge in [0.25, 0.3) is 5.91 Å². The van der Waals surface area contributed by atoms with Crippen molar-refractivity contribution in [3.8, 4) is 5.75 Å². The molecule has 0 aromatic heterocycles. The first-order valence-electron chi connectivity index (χ1n) is 10.9. The normalized spacial score (nSPS) is 12.1. The number of benzene rings is 3. The van der Waals surface area contributed by atoms with E-state index in [2.05, 4.69) is 5.32 Å². The number of nitrogens with one attached hydrogen (secondary N) is 1. The molecule has 0 saturated heterocycles. The number of sulfonamides is 1. The second-order valence-corrected chi connectivity index (χ2v) is 9.99. The number of nitrogens with zero attached hydrogens (tertiary/aromatic N) is 1. The highest BCUT2D eigenvalue weighted by molar-refractivity contribution is 7.92. The molecule has 0 saturated carbocycles. The van der Waals surface area contributed by atoms with Crippen molar-refractivity contribution in [2.24, 2.45) is 0 Å². The molecule has 1 amide bonds. The van der Waals surface area contributed by atoms with E-state index in [9.17, 15) is 17.6 Å². The largest absolute Gasteiger partial charge is 0.496 e. The summed E-state index contributed by atoms with van der Waals surface area (Å²) in [5, 5.41) is 3.05. The molecule has 1 N–H and O–H groups in total. The van der Waals surface area contributed by atoms with Crippen molar-refractivity contribution in [1.82, 2.24) is 5.32 Å². The number of methoxy groups -OCH3 is 1. The minimum absolute atomic E-state index is 0.0209. The van der Waals surface area contributed by atoms with E-state index in [0.717, 1.165) is 27.4 Å². The highest BCUT2D eigenvalue weighted by Crippen LogP contribution is 2.26. The molecule has 34 heavy (non-hydrogen) atoms. The van der Waals surface area contributed by atoms with E-state index in [0.29, 0.717) is 17.5 Å². The Morgan fingerprint density at radius 3 is 2.32 bits per heavy atom. The van der Waals surface area contributed by atoms with Crippen LogP contribution in [0.1, 0.15) is 46.4 Å². The van der Waals surface area contributed by atoms with E-state index in [1.165, 1.54) is 18.2 Å². The number of ether oxygens (including phenoxy) is 1. The van der Waals surface area contributed by atoms with Crippen LogP contribution in [0, 0.1) is 12.7 Å². The van der Waals surface area contributed by atoms with Crippen LogP contribution >= 0.6 is 0 Å². The monoisotopic (exact) mass is 484 g/mol. The molecule has 8 heteroatoms. The second-order valence-electron chi connectivity index (χ2n) is 8.08. The average Bonchev–Trinajstić information content (AvgIpc) is 2.81. The molecule has 1 unspecified atom stereocenters. The quantitative estimate of drug-likeness (QED) is 0.464. The van der Waals surface area contributed by atoms with E-state index >= 15 is 0 Å². The molecule has 0 aliphatic heterocycles. The predicted molar refractivity (Wildman–Crippen MR) is 132 cm³/mol. The van der Waals surface area contributed by atoms with Crippen molar-refractivity contribution < 1.29 is 22.3 Å². The third-order valence-electron chi connectivity index (χ3n) is 5.60. The van der Waals surface area contributed by atoms with Gasteiger partial charge in [-0.15, -0.1) is 0 Å². The molecule has 3 aromatic rings. The summed E-state index contributed by atoms with van der Waals surface area (Å²) < 4.78 is 45.2. The third-order valence-corrected chi connectivity index (χ3v) is 6.73. The zero-order valence-electron chi connectivity index (χ0n) is 19.7. The van der Waals surface area contributed by atoms with Gasteiger partial charge in [0.05, 0.1) is 31.6 Å². The lowest BCUT2D eigenvalue weighted by Gasteiger charge is -2.23. The third kappa shape index (κ3) is 5.94. The highest BCUT2D eigenvalue weighted by Gasteiger charge is 2.21. The first-order valence-corrected chi connectivity index (χ1v) is 12.8. The van der Waals surface area contributed by atoms with Gasteiger partial charge >= 0.3 is 0 Å². The van der Waals surface area contributed by atoms with Crippen LogP contribution in [0.5, 0.6) is 5.75 Å². The van der Waals surface area contributed by atoms with Crippen molar-refractivity contribution in [3.63, 3.8) is 0 Å². The van der Waals surface area contributed by atoms with Crippen molar-refractivity contribution in [2.75, 3.05) is 17.7 Å². The van der Waals surface area contributed by atoms with E-state index in [1.54, 1.807) is 37.4 Å². The number of aryl methyl sites for hydroxylation is 1. The highest BCUT2D eigenvalue weighted by atomic mass is 32.2. The first-order chi connectivity index (χ1) is 16.1. The lowest BCUT2D eigenvalue weighted by Crippen LogP contribution is -2.30. The zero-order chi connectivity index (χ0) is 24.9. The van der Waals surface area contributed by atoms with Crippen LogP contribution in [0.15, 0.2) is 66.7 Å². The Morgan fingerprint density at radius 1 is 1.09 bits per heavy atom. The summed E-state index contributed by atoms with van der Waals surface area (Å²) in [4.78, 5) is 12.9. The standard InChI is InChI=1S/C26H29FN2O4S/c1-5-23(21-14-15-25(33-3)18(2)16-21)28-26(30)20-12-10-19(11-13-20)17-29(34(4,31)32)24-9-7-6-8-22(24)27/h6-16,23H,5,17H2,1-4H3,(H,28,30). The molecule has 3 rings (SSSR count). The number of carbonyl (C=O) groups excluding carboxylic acids is 1. The Labute approximate surface area is 200 Å². The molecule has 1 atom stereocenters. The number of amides is 1. The maximum absolute atomic E-state index is 14.2. The molecule has 3 aromatic carbocycles. The number of rotatable bonds is 9. The van der Waals surface area contributed by atoms with Gasteiger partial charge in [-0.25, -0.2) is 12.8 Å². The maximum atomic E-state index is 14.2. The summed E-state index contributed by atoms with van der Waals surface area (Å²) >= 11 is 0. The van der Waals surface area contributed by atoms with Crippen LogP contribution in [-0.2, 0) is 16.6 Å². The van der Waals surface area contributed by atoms with E-state index in [4.69, 9.17) is 4.74 Å². The summed E-state index contributed by atoms with van der Waals surface area (Å²) in [6.45, 7) is 3.90. The Bertz CT molecular complexity index is 1260. The van der Waals surface area contributed by atoms with Gasteiger partial charge in [0.15, 0.2) is 0 Å². The van der Waals surface area contributed by atoms with Gasteiger partial charge in [-0.1, -0.05) is 43.3 Å². The number of carbonyl (C=O) groups is 1.